The van der Waals surface area contributed by atoms with Crippen LogP contribution in [0.5, 0.6) is 0 Å². The Morgan fingerprint density at radius 1 is 1.17 bits per heavy atom. The Morgan fingerprint density at radius 3 is 1.25 bits per heavy atom. The number of carbonyl (C=O) groups is 2. The molecule has 0 heterocycles. The summed E-state index contributed by atoms with van der Waals surface area (Å²) in [6.07, 6.45) is 0. The highest BCUT2D eigenvalue weighted by Crippen LogP contribution is 1.59. The largest absolute Gasteiger partial charge is 0.481 e. The topological polar surface area (TPSA) is 156 Å². The molecule has 0 saturated heterocycles. The van der Waals surface area contributed by atoms with E-state index in [-0.39, 0.29) is 5.48 Å². The van der Waals surface area contributed by atoms with Crippen molar-refractivity contribution in [3.8, 4) is 0 Å². The van der Waals surface area contributed by atoms with Crippen molar-refractivity contribution >= 4 is 11.9 Å². The fraction of sp³-hybridized carbons (Fsp3) is 0.500. The third kappa shape index (κ3) is 874. The lowest BCUT2D eigenvalue weighted by molar-refractivity contribution is -0.231. The number of aliphatic carboxylic acids is 1. The molecule has 0 bridgehead atoms. The van der Waals surface area contributed by atoms with Gasteiger partial charge in [-0.2, -0.15) is 5.26 Å². The number of hydrogen-bond acceptors (Lipinski definition) is 6. The van der Waals surface area contributed by atoms with Crippen LogP contribution in [0.1, 0.15) is 13.8 Å². The van der Waals surface area contributed by atoms with Crippen molar-refractivity contribution in [1.29, 1.82) is 0 Å². The molecule has 0 amide bonds. The number of carboxylic acid groups (broad SMARTS) is 1. The SMILES string of the molecule is CC(=O)O.CC(=O)OO.O.OO. The van der Waals surface area contributed by atoms with Gasteiger partial charge in [0.1, 0.15) is 0 Å². The van der Waals surface area contributed by atoms with Gasteiger partial charge in [-0.3, -0.25) is 15.3 Å². The van der Waals surface area contributed by atoms with Gasteiger partial charge in [-0.15, -0.1) is 0 Å². The second-order valence-corrected chi connectivity index (χ2v) is 1.10. The van der Waals surface area contributed by atoms with Crippen molar-refractivity contribution in [2.75, 3.05) is 0 Å². The first-order chi connectivity index (χ1) is 5.00. The van der Waals surface area contributed by atoms with Crippen LogP contribution in [-0.2, 0) is 14.5 Å². The van der Waals surface area contributed by atoms with E-state index >= 15 is 0 Å². The molecule has 12 heavy (non-hydrogen) atoms. The Hall–Kier alpha value is -1.22. The molecule has 0 aliphatic carbocycles. The van der Waals surface area contributed by atoms with E-state index in [9.17, 15) is 4.79 Å². The van der Waals surface area contributed by atoms with Crippen LogP contribution < -0.4 is 0 Å². The van der Waals surface area contributed by atoms with Gasteiger partial charge in [0.15, 0.2) is 0 Å². The van der Waals surface area contributed by atoms with E-state index in [0.29, 0.717) is 0 Å². The van der Waals surface area contributed by atoms with Crippen LogP contribution in [0.25, 0.3) is 0 Å². The molecule has 0 aromatic carbocycles. The lowest BCUT2D eigenvalue weighted by Crippen LogP contribution is -1.89. The van der Waals surface area contributed by atoms with Crippen molar-refractivity contribution in [2.24, 2.45) is 0 Å². The van der Waals surface area contributed by atoms with Gasteiger partial charge >= 0.3 is 5.97 Å². The molecule has 8 nitrogen and oxygen atoms in total. The molecule has 0 fully saturated rings. The zero-order valence-electron chi connectivity index (χ0n) is 6.51. The molecule has 0 aromatic rings. The van der Waals surface area contributed by atoms with E-state index in [1.165, 1.54) is 0 Å². The molecule has 0 unspecified atom stereocenters. The number of carboxylic acids is 1. The van der Waals surface area contributed by atoms with Gasteiger partial charge in [-0.25, -0.2) is 4.79 Å². The number of hydrogen-bond donors (Lipinski definition) is 4. The highest BCUT2D eigenvalue weighted by molar-refractivity contribution is 5.64. The molecule has 0 atom stereocenters. The summed E-state index contributed by atoms with van der Waals surface area (Å²) in [7, 11) is 0. The molecule has 0 spiro atoms. The normalized spacial score (nSPS) is 5.42. The summed E-state index contributed by atoms with van der Waals surface area (Å²) < 4.78 is 0. The summed E-state index contributed by atoms with van der Waals surface area (Å²) in [6.45, 7) is 2.19. The van der Waals surface area contributed by atoms with Crippen molar-refractivity contribution in [2.45, 2.75) is 13.8 Å². The molecule has 0 aliphatic rings. The molecule has 8 heteroatoms. The van der Waals surface area contributed by atoms with Crippen LogP contribution in [0.3, 0.4) is 0 Å². The predicted molar refractivity (Wildman–Crippen MR) is 36.6 cm³/mol. The second kappa shape index (κ2) is 22.6. The van der Waals surface area contributed by atoms with Gasteiger partial charge in [0.2, 0.25) is 0 Å². The van der Waals surface area contributed by atoms with Gasteiger partial charge in [0.05, 0.1) is 0 Å². The van der Waals surface area contributed by atoms with E-state index in [1.807, 2.05) is 0 Å². The Bertz CT molecular complexity index is 95.2. The Balaban J connectivity index is -0.0000000419. The lowest BCUT2D eigenvalue weighted by Gasteiger charge is -1.76. The maximum absolute atomic E-state index is 9.34. The first-order valence-corrected chi connectivity index (χ1v) is 2.22. The standard InChI is InChI=1S/C2H4O3.C2H4O2.H2O2.H2O/c1-2(3)5-4;1-2(3)4;1-2;/h4H,1H3;1H3,(H,3,4);1-2H;1H2. The molecule has 76 valence electrons. The molecular formula is C4H12O8. The Morgan fingerprint density at radius 2 is 1.25 bits per heavy atom. The minimum atomic E-state index is -0.833. The van der Waals surface area contributed by atoms with Crippen LogP contribution in [0.15, 0.2) is 0 Å². The van der Waals surface area contributed by atoms with Crippen molar-refractivity contribution < 1.29 is 40.8 Å². The summed E-state index contributed by atoms with van der Waals surface area (Å²) >= 11 is 0. The molecule has 0 aromatic heterocycles. The summed E-state index contributed by atoms with van der Waals surface area (Å²) in [5.74, 6) is -1.52. The third-order valence-electron chi connectivity index (χ3n) is 0.129. The zero-order valence-corrected chi connectivity index (χ0v) is 6.51. The molecular weight excluding hydrogens is 176 g/mol. The summed E-state index contributed by atoms with van der Waals surface area (Å²) in [5, 5.41) is 26.7. The fourth-order valence-electron chi connectivity index (χ4n) is 0. The van der Waals surface area contributed by atoms with E-state index in [2.05, 4.69) is 4.89 Å². The van der Waals surface area contributed by atoms with Crippen molar-refractivity contribution in [3.05, 3.63) is 0 Å². The van der Waals surface area contributed by atoms with Gasteiger partial charge in [0.25, 0.3) is 5.97 Å². The smallest absolute Gasteiger partial charge is 0.339 e. The highest BCUT2D eigenvalue weighted by Gasteiger charge is 1.79. The quantitative estimate of drug-likeness (QED) is 0.289. The van der Waals surface area contributed by atoms with Crippen LogP contribution in [0.2, 0.25) is 0 Å². The van der Waals surface area contributed by atoms with Gasteiger partial charge in [-0.05, 0) is 0 Å². The maximum atomic E-state index is 9.34. The summed E-state index contributed by atoms with van der Waals surface area (Å²) in [6, 6.07) is 0. The third-order valence-corrected chi connectivity index (χ3v) is 0.129. The lowest BCUT2D eigenvalue weighted by atomic mass is 10.9. The molecule has 6 N–H and O–H groups in total. The average Bonchev–Trinajstić information content (AvgIpc) is 1.91. The van der Waals surface area contributed by atoms with Crippen LogP contribution in [0, 0.1) is 0 Å². The highest BCUT2D eigenvalue weighted by atomic mass is 17.1. The fourth-order valence-corrected chi connectivity index (χ4v) is 0. The Labute approximate surface area is 67.8 Å². The first kappa shape index (κ1) is 22.4. The van der Waals surface area contributed by atoms with Crippen molar-refractivity contribution in [1.82, 2.24) is 0 Å². The van der Waals surface area contributed by atoms with E-state index in [4.69, 9.17) is 25.7 Å². The predicted octanol–water partition coefficient (Wildman–Crippen LogP) is -0.694. The van der Waals surface area contributed by atoms with Crippen LogP contribution in [-0.4, -0.2) is 38.3 Å². The molecule has 0 radical (unpaired) electrons. The van der Waals surface area contributed by atoms with Gasteiger partial charge < -0.3 is 15.5 Å². The van der Waals surface area contributed by atoms with Crippen LogP contribution >= 0.6 is 0 Å². The second-order valence-electron chi connectivity index (χ2n) is 1.10. The summed E-state index contributed by atoms with van der Waals surface area (Å²) in [4.78, 5) is 21.5. The van der Waals surface area contributed by atoms with Gasteiger partial charge in [-0.1, -0.05) is 0 Å². The number of carbonyl (C=O) groups excluding carboxylic acids is 1. The van der Waals surface area contributed by atoms with E-state index in [1.54, 1.807) is 0 Å². The first-order valence-electron chi connectivity index (χ1n) is 2.22. The zero-order chi connectivity index (χ0) is 9.86. The average molecular weight is 188 g/mol. The Kier molecular flexibility index (Phi) is 42.2. The maximum Gasteiger partial charge on any atom is 0.339 e. The molecule has 0 aliphatic heterocycles. The van der Waals surface area contributed by atoms with Crippen molar-refractivity contribution in [3.63, 3.8) is 0 Å². The molecule has 0 saturated carbocycles. The van der Waals surface area contributed by atoms with Gasteiger partial charge in [0, 0.05) is 13.8 Å². The summed E-state index contributed by atoms with van der Waals surface area (Å²) in [5.41, 5.74) is 0. The minimum absolute atomic E-state index is 0. The minimum Gasteiger partial charge on any atom is -0.481 e. The number of rotatable bonds is 0. The van der Waals surface area contributed by atoms with E-state index in [0.717, 1.165) is 13.8 Å². The van der Waals surface area contributed by atoms with E-state index < -0.39 is 11.9 Å². The monoisotopic (exact) mass is 188 g/mol. The van der Waals surface area contributed by atoms with Crippen LogP contribution in [0.4, 0.5) is 0 Å². The molecule has 0 rings (SSSR count).